The molecule has 8 heteroatoms. The van der Waals surface area contributed by atoms with Crippen LogP contribution in [0.5, 0.6) is 0 Å². The van der Waals surface area contributed by atoms with Crippen LogP contribution < -0.4 is 11.0 Å². The van der Waals surface area contributed by atoms with Crippen LogP contribution in [-0.4, -0.2) is 26.0 Å². The lowest BCUT2D eigenvalue weighted by Gasteiger charge is -1.99. The molecule has 0 radical (unpaired) electrons. The molecule has 4 rings (SSSR count). The van der Waals surface area contributed by atoms with Gasteiger partial charge in [-0.05, 0) is 30.5 Å². The van der Waals surface area contributed by atoms with Crippen molar-refractivity contribution in [3.63, 3.8) is 0 Å². The van der Waals surface area contributed by atoms with E-state index >= 15 is 0 Å². The average Bonchev–Trinajstić information content (AvgIpc) is 3.31. The summed E-state index contributed by atoms with van der Waals surface area (Å²) in [5.74, 6) is 0.296. The quantitative estimate of drug-likeness (QED) is 0.413. The molecule has 0 spiro atoms. The third-order valence-electron chi connectivity index (χ3n) is 3.76. The fraction of sp³-hybridized carbons (Fsp3) is 0.0526. The molecule has 3 aromatic heterocycles. The highest BCUT2D eigenvalue weighted by molar-refractivity contribution is 7.13. The van der Waals surface area contributed by atoms with Crippen LogP contribution >= 0.6 is 11.3 Å². The molecule has 4 aromatic rings. The number of aryl methyl sites for hydroxylation is 1. The van der Waals surface area contributed by atoms with Gasteiger partial charge in [-0.15, -0.1) is 11.3 Å². The van der Waals surface area contributed by atoms with Gasteiger partial charge >= 0.3 is 0 Å². The Morgan fingerprint density at radius 1 is 1.22 bits per heavy atom. The molecular weight excluding hydrogens is 360 g/mol. The van der Waals surface area contributed by atoms with E-state index in [1.54, 1.807) is 24.5 Å². The molecule has 0 aliphatic carbocycles. The number of aromatic amines is 1. The van der Waals surface area contributed by atoms with Gasteiger partial charge in [0.1, 0.15) is 5.69 Å². The summed E-state index contributed by atoms with van der Waals surface area (Å²) in [6, 6.07) is 15.3. The van der Waals surface area contributed by atoms with Crippen molar-refractivity contribution in [1.82, 2.24) is 19.7 Å². The first-order valence-electron chi connectivity index (χ1n) is 8.25. The molecule has 0 aliphatic rings. The first kappa shape index (κ1) is 16.9. The van der Waals surface area contributed by atoms with Crippen LogP contribution in [0.2, 0.25) is 0 Å². The predicted molar refractivity (Wildman–Crippen MR) is 108 cm³/mol. The molecule has 1 aromatic carbocycles. The zero-order valence-corrected chi connectivity index (χ0v) is 15.3. The Balaban J connectivity index is 1.66. The van der Waals surface area contributed by atoms with Gasteiger partial charge in [0.05, 0.1) is 16.8 Å². The summed E-state index contributed by atoms with van der Waals surface area (Å²) in [5, 5.41) is 10.9. The van der Waals surface area contributed by atoms with Gasteiger partial charge in [-0.2, -0.15) is 10.2 Å². The summed E-state index contributed by atoms with van der Waals surface area (Å²) < 4.78 is 1.82. The zero-order valence-electron chi connectivity index (χ0n) is 14.5. The SMILES string of the molecule is Cc1cc(=O)[nH]c(N/N=C\c2cn(-c3ccccc3)nc2-c2cccs2)n1. The zero-order chi connectivity index (χ0) is 18.6. The number of anilines is 1. The third-order valence-corrected chi connectivity index (χ3v) is 4.64. The number of hydrogen-bond donors (Lipinski definition) is 2. The van der Waals surface area contributed by atoms with E-state index in [-0.39, 0.29) is 5.56 Å². The van der Waals surface area contributed by atoms with E-state index in [1.807, 2.05) is 58.7 Å². The number of nitrogens with one attached hydrogen (secondary N) is 2. The minimum Gasteiger partial charge on any atom is -0.291 e. The number of thiophene rings is 1. The molecular formula is C19H16N6OS. The number of hydrazone groups is 1. The van der Waals surface area contributed by atoms with E-state index in [9.17, 15) is 4.79 Å². The van der Waals surface area contributed by atoms with Crippen LogP contribution in [0, 0.1) is 6.92 Å². The maximum Gasteiger partial charge on any atom is 0.252 e. The molecule has 7 nitrogen and oxygen atoms in total. The van der Waals surface area contributed by atoms with Crippen LogP contribution in [0.25, 0.3) is 16.3 Å². The van der Waals surface area contributed by atoms with Crippen LogP contribution in [0.15, 0.2) is 70.0 Å². The van der Waals surface area contributed by atoms with Crippen LogP contribution in [0.3, 0.4) is 0 Å². The first-order chi connectivity index (χ1) is 13.2. The van der Waals surface area contributed by atoms with Crippen molar-refractivity contribution in [2.75, 3.05) is 5.43 Å². The van der Waals surface area contributed by atoms with E-state index in [4.69, 9.17) is 5.10 Å². The summed E-state index contributed by atoms with van der Waals surface area (Å²) in [5.41, 5.74) is 5.81. The summed E-state index contributed by atoms with van der Waals surface area (Å²) in [6.07, 6.45) is 3.59. The van der Waals surface area contributed by atoms with Gasteiger partial charge in [0.25, 0.3) is 5.56 Å². The second-order valence-corrected chi connectivity index (χ2v) is 6.74. The Hall–Kier alpha value is -3.52. The molecule has 0 fully saturated rings. The molecule has 0 saturated heterocycles. The minimum atomic E-state index is -0.226. The smallest absolute Gasteiger partial charge is 0.252 e. The molecule has 0 bridgehead atoms. The summed E-state index contributed by atoms with van der Waals surface area (Å²) >= 11 is 1.61. The summed E-state index contributed by atoms with van der Waals surface area (Å²) in [7, 11) is 0. The lowest BCUT2D eigenvalue weighted by atomic mass is 10.2. The van der Waals surface area contributed by atoms with Crippen molar-refractivity contribution in [2.45, 2.75) is 6.92 Å². The molecule has 0 unspecified atom stereocenters. The standard InChI is InChI=1S/C19H16N6OS/c1-13-10-17(26)22-19(21-13)23-20-11-14-12-25(15-6-3-2-4-7-15)24-18(14)16-8-5-9-27-16/h2-12H,1H3,(H2,21,22,23,26)/b20-11-. The highest BCUT2D eigenvalue weighted by Crippen LogP contribution is 2.26. The number of rotatable bonds is 5. The number of nitrogens with zero attached hydrogens (tertiary/aromatic N) is 4. The van der Waals surface area contributed by atoms with Crippen molar-refractivity contribution in [3.05, 3.63) is 81.7 Å². The van der Waals surface area contributed by atoms with Gasteiger partial charge in [0.2, 0.25) is 5.95 Å². The maximum absolute atomic E-state index is 11.5. The highest BCUT2D eigenvalue weighted by Gasteiger charge is 2.11. The molecule has 3 heterocycles. The average molecular weight is 376 g/mol. The minimum absolute atomic E-state index is 0.226. The number of para-hydroxylation sites is 1. The number of aromatic nitrogens is 4. The number of benzene rings is 1. The molecule has 134 valence electrons. The predicted octanol–water partition coefficient (Wildman–Crippen LogP) is 3.44. The van der Waals surface area contributed by atoms with Gasteiger partial charge in [0, 0.05) is 23.5 Å². The van der Waals surface area contributed by atoms with E-state index in [1.165, 1.54) is 6.07 Å². The molecule has 0 saturated carbocycles. The Kier molecular flexibility index (Phi) is 4.63. The Bertz CT molecular complexity index is 1130. The van der Waals surface area contributed by atoms with Crippen molar-refractivity contribution in [3.8, 4) is 16.3 Å². The summed E-state index contributed by atoms with van der Waals surface area (Å²) in [6.45, 7) is 1.75. The highest BCUT2D eigenvalue weighted by atomic mass is 32.1. The number of H-pyrrole nitrogens is 1. The lowest BCUT2D eigenvalue weighted by Crippen LogP contribution is -2.10. The fourth-order valence-corrected chi connectivity index (χ4v) is 3.33. The van der Waals surface area contributed by atoms with E-state index in [2.05, 4.69) is 20.5 Å². The number of hydrogen-bond acceptors (Lipinski definition) is 6. The van der Waals surface area contributed by atoms with Gasteiger partial charge in [-0.3, -0.25) is 9.78 Å². The Morgan fingerprint density at radius 2 is 2.07 bits per heavy atom. The van der Waals surface area contributed by atoms with Crippen molar-refractivity contribution in [1.29, 1.82) is 0 Å². The lowest BCUT2D eigenvalue weighted by molar-refractivity contribution is 0.885. The van der Waals surface area contributed by atoms with Crippen molar-refractivity contribution in [2.24, 2.45) is 5.10 Å². The Morgan fingerprint density at radius 3 is 2.81 bits per heavy atom. The van der Waals surface area contributed by atoms with E-state index < -0.39 is 0 Å². The fourth-order valence-electron chi connectivity index (χ4n) is 2.59. The molecule has 0 aliphatic heterocycles. The van der Waals surface area contributed by atoms with E-state index in [0.717, 1.165) is 21.8 Å². The maximum atomic E-state index is 11.5. The van der Waals surface area contributed by atoms with Gasteiger partial charge in [-0.1, -0.05) is 24.3 Å². The van der Waals surface area contributed by atoms with Crippen molar-refractivity contribution >= 4 is 23.5 Å². The van der Waals surface area contributed by atoms with Crippen molar-refractivity contribution < 1.29 is 0 Å². The van der Waals surface area contributed by atoms with Crippen LogP contribution in [-0.2, 0) is 0 Å². The van der Waals surface area contributed by atoms with E-state index in [0.29, 0.717) is 11.6 Å². The second kappa shape index (κ2) is 7.38. The van der Waals surface area contributed by atoms with Gasteiger partial charge in [0.15, 0.2) is 0 Å². The Labute approximate surface area is 159 Å². The van der Waals surface area contributed by atoms with Crippen LogP contribution in [0.1, 0.15) is 11.3 Å². The van der Waals surface area contributed by atoms with Crippen LogP contribution in [0.4, 0.5) is 5.95 Å². The topological polar surface area (TPSA) is 88.0 Å². The largest absolute Gasteiger partial charge is 0.291 e. The van der Waals surface area contributed by atoms with Gasteiger partial charge < -0.3 is 0 Å². The molecule has 27 heavy (non-hydrogen) atoms. The van der Waals surface area contributed by atoms with Gasteiger partial charge in [-0.25, -0.2) is 15.1 Å². The molecule has 0 atom stereocenters. The normalized spacial score (nSPS) is 11.1. The molecule has 2 N–H and O–H groups in total. The first-order valence-corrected chi connectivity index (χ1v) is 9.13. The monoisotopic (exact) mass is 376 g/mol. The third kappa shape index (κ3) is 3.85. The second-order valence-electron chi connectivity index (χ2n) is 5.80. The summed E-state index contributed by atoms with van der Waals surface area (Å²) in [4.78, 5) is 19.4. The molecule has 0 amide bonds.